The van der Waals surface area contributed by atoms with Crippen LogP contribution in [0.4, 0.5) is 10.1 Å². The number of fused-ring (bicyclic) bond motifs is 1. The van der Waals surface area contributed by atoms with Crippen LogP contribution in [0.5, 0.6) is 0 Å². The monoisotopic (exact) mass is 355 g/mol. The van der Waals surface area contributed by atoms with Crippen LogP contribution < -0.4 is 16.0 Å². The van der Waals surface area contributed by atoms with Crippen LogP contribution in [0, 0.1) is 5.82 Å². The molecule has 0 aliphatic carbocycles. The van der Waals surface area contributed by atoms with Crippen molar-refractivity contribution in [2.75, 3.05) is 11.9 Å². The summed E-state index contributed by atoms with van der Waals surface area (Å²) in [6.07, 6.45) is 0.298. The van der Waals surface area contributed by atoms with E-state index in [4.69, 9.17) is 0 Å². The Hall–Kier alpha value is -3.22. The first-order valence-corrected chi connectivity index (χ1v) is 8.25. The predicted molar refractivity (Wildman–Crippen MR) is 94.1 cm³/mol. The molecule has 0 spiro atoms. The second-order valence-corrected chi connectivity index (χ2v) is 5.99. The third-order valence-electron chi connectivity index (χ3n) is 4.07. The molecule has 0 radical (unpaired) electrons. The van der Waals surface area contributed by atoms with Gasteiger partial charge in [-0.2, -0.15) is 0 Å². The first-order chi connectivity index (χ1) is 12.5. The average Bonchev–Trinajstić information content (AvgIpc) is 2.72. The molecule has 0 bridgehead atoms. The van der Waals surface area contributed by atoms with Crippen LogP contribution in [-0.2, 0) is 16.0 Å². The number of carbonyl (C=O) groups excluding carboxylic acids is 3. The number of nitrogens with one attached hydrogen (secondary N) is 3. The molecule has 134 valence electrons. The van der Waals surface area contributed by atoms with Gasteiger partial charge in [-0.3, -0.25) is 14.4 Å². The molecule has 0 fully saturated rings. The fourth-order valence-corrected chi connectivity index (χ4v) is 2.75. The Morgan fingerprint density at radius 3 is 2.73 bits per heavy atom. The van der Waals surface area contributed by atoms with Crippen LogP contribution >= 0.6 is 0 Å². The molecule has 0 saturated heterocycles. The van der Waals surface area contributed by atoms with E-state index in [1.165, 1.54) is 12.1 Å². The molecule has 3 rings (SSSR count). The summed E-state index contributed by atoms with van der Waals surface area (Å²) >= 11 is 0. The summed E-state index contributed by atoms with van der Waals surface area (Å²) in [5.74, 6) is -1.54. The maximum absolute atomic E-state index is 13.1. The molecule has 7 heteroatoms. The minimum Gasteiger partial charge on any atom is -0.356 e. The largest absolute Gasteiger partial charge is 0.356 e. The summed E-state index contributed by atoms with van der Waals surface area (Å²) in [7, 11) is 0. The molecule has 2 aromatic rings. The van der Waals surface area contributed by atoms with Gasteiger partial charge in [-0.1, -0.05) is 24.3 Å². The van der Waals surface area contributed by atoms with E-state index in [2.05, 4.69) is 16.0 Å². The lowest BCUT2D eigenvalue weighted by atomic mass is 10.1. The number of hydrogen-bond acceptors (Lipinski definition) is 3. The first kappa shape index (κ1) is 17.6. The molecule has 26 heavy (non-hydrogen) atoms. The van der Waals surface area contributed by atoms with Gasteiger partial charge in [0.05, 0.1) is 17.7 Å². The van der Waals surface area contributed by atoms with Gasteiger partial charge in [-0.05, 0) is 36.2 Å². The fourth-order valence-electron chi connectivity index (χ4n) is 2.75. The Morgan fingerprint density at radius 1 is 1.12 bits per heavy atom. The highest BCUT2D eigenvalue weighted by Crippen LogP contribution is 2.18. The van der Waals surface area contributed by atoms with Crippen molar-refractivity contribution in [1.82, 2.24) is 10.6 Å². The number of amides is 3. The number of benzene rings is 2. The zero-order valence-corrected chi connectivity index (χ0v) is 13.9. The Morgan fingerprint density at radius 2 is 1.92 bits per heavy atom. The van der Waals surface area contributed by atoms with E-state index in [0.717, 1.165) is 5.56 Å². The van der Waals surface area contributed by atoms with E-state index in [9.17, 15) is 18.8 Å². The topological polar surface area (TPSA) is 87.3 Å². The van der Waals surface area contributed by atoms with Crippen LogP contribution in [0.25, 0.3) is 0 Å². The van der Waals surface area contributed by atoms with Gasteiger partial charge in [0.25, 0.3) is 5.91 Å². The van der Waals surface area contributed by atoms with Gasteiger partial charge >= 0.3 is 0 Å². The van der Waals surface area contributed by atoms with Crippen LogP contribution in [0.1, 0.15) is 22.3 Å². The van der Waals surface area contributed by atoms with Gasteiger partial charge in [0, 0.05) is 6.54 Å². The van der Waals surface area contributed by atoms with Crippen molar-refractivity contribution in [3.05, 3.63) is 65.5 Å². The number of carbonyl (C=O) groups is 3. The van der Waals surface area contributed by atoms with Crippen molar-refractivity contribution in [1.29, 1.82) is 0 Å². The van der Waals surface area contributed by atoms with Crippen molar-refractivity contribution in [2.45, 2.75) is 18.9 Å². The van der Waals surface area contributed by atoms with E-state index < -0.39 is 17.9 Å². The summed E-state index contributed by atoms with van der Waals surface area (Å²) in [5, 5.41) is 7.90. The third kappa shape index (κ3) is 4.24. The molecule has 3 N–H and O–H groups in total. The predicted octanol–water partition coefficient (Wildman–Crippen LogP) is 1.63. The smallest absolute Gasteiger partial charge is 0.254 e. The Bertz CT molecular complexity index is 853. The minimum absolute atomic E-state index is 0.172. The molecule has 1 atom stereocenters. The average molecular weight is 355 g/mol. The van der Waals surface area contributed by atoms with Crippen LogP contribution in [0.3, 0.4) is 0 Å². The highest BCUT2D eigenvalue weighted by molar-refractivity contribution is 6.10. The van der Waals surface area contributed by atoms with Crippen LogP contribution in [-0.4, -0.2) is 30.3 Å². The zero-order chi connectivity index (χ0) is 18.5. The van der Waals surface area contributed by atoms with Crippen LogP contribution in [0.15, 0.2) is 48.5 Å². The van der Waals surface area contributed by atoms with Crippen molar-refractivity contribution in [3.63, 3.8) is 0 Å². The zero-order valence-electron chi connectivity index (χ0n) is 13.9. The molecule has 1 aliphatic rings. The SMILES string of the molecule is O=C(CC1NC(=O)c2ccccc2NC1=O)NCCc1cccc(F)c1. The molecule has 6 nitrogen and oxygen atoms in total. The molecule has 0 aromatic heterocycles. The van der Waals surface area contributed by atoms with E-state index in [-0.39, 0.29) is 18.1 Å². The summed E-state index contributed by atoms with van der Waals surface area (Å²) in [6, 6.07) is 11.8. The Kier molecular flexibility index (Phi) is 5.26. The third-order valence-corrected chi connectivity index (χ3v) is 4.07. The van der Waals surface area contributed by atoms with Crippen molar-refractivity contribution in [3.8, 4) is 0 Å². The number of anilines is 1. The lowest BCUT2D eigenvalue weighted by Crippen LogP contribution is -2.44. The van der Waals surface area contributed by atoms with Gasteiger partial charge < -0.3 is 16.0 Å². The van der Waals surface area contributed by atoms with E-state index in [0.29, 0.717) is 24.2 Å². The molecule has 1 aliphatic heterocycles. The summed E-state index contributed by atoms with van der Waals surface area (Å²) < 4.78 is 13.1. The Labute approximate surface area is 149 Å². The van der Waals surface area contributed by atoms with E-state index in [1.54, 1.807) is 36.4 Å². The highest BCUT2D eigenvalue weighted by atomic mass is 19.1. The standard InChI is InChI=1S/C19H18FN3O3/c20-13-5-3-4-12(10-13)8-9-21-17(24)11-16-19(26)22-15-7-2-1-6-14(15)18(25)23-16/h1-7,10,16H,8-9,11H2,(H,21,24)(H,22,26)(H,23,25). The van der Waals surface area contributed by atoms with E-state index in [1.807, 2.05) is 0 Å². The Balaban J connectivity index is 1.54. The quantitative estimate of drug-likeness (QED) is 0.762. The molecule has 1 heterocycles. The van der Waals surface area contributed by atoms with Crippen LogP contribution in [0.2, 0.25) is 0 Å². The highest BCUT2D eigenvalue weighted by Gasteiger charge is 2.29. The second-order valence-electron chi connectivity index (χ2n) is 5.99. The fraction of sp³-hybridized carbons (Fsp3) is 0.211. The molecule has 3 amide bonds. The number of hydrogen-bond donors (Lipinski definition) is 3. The van der Waals surface area contributed by atoms with Gasteiger partial charge in [0.2, 0.25) is 11.8 Å². The summed E-state index contributed by atoms with van der Waals surface area (Å²) in [5.41, 5.74) is 1.54. The van der Waals surface area contributed by atoms with Gasteiger partial charge in [0.1, 0.15) is 11.9 Å². The van der Waals surface area contributed by atoms with E-state index >= 15 is 0 Å². The molecular formula is C19H18FN3O3. The lowest BCUT2D eigenvalue weighted by Gasteiger charge is -2.14. The maximum Gasteiger partial charge on any atom is 0.254 e. The molecule has 1 unspecified atom stereocenters. The van der Waals surface area contributed by atoms with Crippen molar-refractivity contribution >= 4 is 23.4 Å². The van der Waals surface area contributed by atoms with Gasteiger partial charge in [-0.15, -0.1) is 0 Å². The molecule has 2 aromatic carbocycles. The van der Waals surface area contributed by atoms with Gasteiger partial charge in [0.15, 0.2) is 0 Å². The molecular weight excluding hydrogens is 337 g/mol. The summed E-state index contributed by atoms with van der Waals surface area (Å²) in [6.45, 7) is 0.310. The lowest BCUT2D eigenvalue weighted by molar-refractivity contribution is -0.125. The van der Waals surface area contributed by atoms with Crippen molar-refractivity contribution < 1.29 is 18.8 Å². The number of rotatable bonds is 5. The minimum atomic E-state index is -0.955. The first-order valence-electron chi connectivity index (χ1n) is 8.25. The molecule has 0 saturated carbocycles. The normalized spacial score (nSPS) is 16.1. The number of para-hydroxylation sites is 1. The summed E-state index contributed by atoms with van der Waals surface area (Å²) in [4.78, 5) is 36.5. The number of halogens is 1. The van der Waals surface area contributed by atoms with Gasteiger partial charge in [-0.25, -0.2) is 4.39 Å². The van der Waals surface area contributed by atoms with Crippen molar-refractivity contribution in [2.24, 2.45) is 0 Å². The maximum atomic E-state index is 13.1. The second kappa shape index (κ2) is 7.77.